The van der Waals surface area contributed by atoms with E-state index in [1.54, 1.807) is 43.3 Å². The summed E-state index contributed by atoms with van der Waals surface area (Å²) in [5, 5.41) is 2.86. The average Bonchev–Trinajstić information content (AvgIpc) is 3.34. The first-order valence-corrected chi connectivity index (χ1v) is 11.2. The Balaban J connectivity index is 1.72. The van der Waals surface area contributed by atoms with Crippen LogP contribution in [0.1, 0.15) is 46.8 Å². The van der Waals surface area contributed by atoms with Crippen LogP contribution in [0.25, 0.3) is 0 Å². The number of ether oxygens (including phenoxy) is 2. The first-order valence-electron chi connectivity index (χ1n) is 11.2. The van der Waals surface area contributed by atoms with Crippen molar-refractivity contribution < 1.29 is 23.9 Å². The summed E-state index contributed by atoms with van der Waals surface area (Å²) >= 11 is 0. The van der Waals surface area contributed by atoms with Gasteiger partial charge in [0.15, 0.2) is 0 Å². The van der Waals surface area contributed by atoms with E-state index in [1.807, 2.05) is 11.8 Å². The second-order valence-electron chi connectivity index (χ2n) is 7.98. The average molecular weight is 467 g/mol. The van der Waals surface area contributed by atoms with Gasteiger partial charge in [-0.05, 0) is 68.7 Å². The fourth-order valence-electron chi connectivity index (χ4n) is 3.84. The number of likely N-dealkylation sites (tertiary alicyclic amines) is 1. The van der Waals surface area contributed by atoms with Crippen molar-refractivity contribution in [3.8, 4) is 5.75 Å². The molecule has 0 aliphatic carbocycles. The van der Waals surface area contributed by atoms with Crippen LogP contribution in [0.4, 0.5) is 10.5 Å². The number of amides is 3. The summed E-state index contributed by atoms with van der Waals surface area (Å²) in [6, 6.07) is 10.2. The molecule has 3 N–H and O–H groups in total. The highest BCUT2D eigenvalue weighted by Crippen LogP contribution is 2.23. The highest BCUT2D eigenvalue weighted by Gasteiger charge is 2.21. The third-order valence-corrected chi connectivity index (χ3v) is 5.54. The lowest BCUT2D eigenvalue weighted by Gasteiger charge is -2.17. The lowest BCUT2D eigenvalue weighted by molar-refractivity contribution is -0.115. The van der Waals surface area contributed by atoms with Gasteiger partial charge >= 0.3 is 6.09 Å². The van der Waals surface area contributed by atoms with Gasteiger partial charge in [-0.3, -0.25) is 9.59 Å². The number of hydrogen-bond donors (Lipinski definition) is 2. The number of aliphatic imine (C=N–C) groups is 1. The molecule has 3 rings (SSSR count). The Morgan fingerprint density at radius 1 is 1.12 bits per heavy atom. The summed E-state index contributed by atoms with van der Waals surface area (Å²) in [6.07, 6.45) is 1.29. The minimum atomic E-state index is -0.780. The molecule has 1 saturated heterocycles. The Hall–Kier alpha value is -3.88. The van der Waals surface area contributed by atoms with E-state index in [0.29, 0.717) is 28.1 Å². The van der Waals surface area contributed by atoms with Crippen LogP contribution in [0, 0.1) is 6.92 Å². The van der Waals surface area contributed by atoms with Gasteiger partial charge in [0.2, 0.25) is 5.91 Å². The van der Waals surface area contributed by atoms with Crippen LogP contribution in [0.2, 0.25) is 0 Å². The van der Waals surface area contributed by atoms with E-state index < -0.39 is 6.09 Å². The molecule has 2 aromatic rings. The lowest BCUT2D eigenvalue weighted by atomic mass is 10.0. The van der Waals surface area contributed by atoms with Gasteiger partial charge in [-0.15, -0.1) is 0 Å². The SMILES string of the molecule is CCOC(=O)N=C(N)c1ccc(OC)c(CC(=O)Nc2ccc(C(=O)N3CCCC3)c(C)c2)c1. The molecule has 9 nitrogen and oxygen atoms in total. The van der Waals surface area contributed by atoms with Gasteiger partial charge < -0.3 is 25.4 Å². The number of anilines is 1. The molecule has 0 unspecified atom stereocenters. The molecular formula is C25H30N4O5. The summed E-state index contributed by atoms with van der Waals surface area (Å²) in [5.74, 6) is 0.244. The van der Waals surface area contributed by atoms with Crippen molar-refractivity contribution in [2.45, 2.75) is 33.1 Å². The van der Waals surface area contributed by atoms with Crippen molar-refractivity contribution >= 4 is 29.4 Å². The summed E-state index contributed by atoms with van der Waals surface area (Å²) in [5.41, 5.74) is 9.01. The van der Waals surface area contributed by atoms with E-state index >= 15 is 0 Å². The van der Waals surface area contributed by atoms with Crippen LogP contribution in [-0.2, 0) is 16.0 Å². The molecule has 0 bridgehead atoms. The van der Waals surface area contributed by atoms with Crippen molar-refractivity contribution in [2.75, 3.05) is 32.1 Å². The Bertz CT molecular complexity index is 1110. The third-order valence-electron chi connectivity index (χ3n) is 5.54. The number of hydrogen-bond acceptors (Lipinski definition) is 5. The fourth-order valence-corrected chi connectivity index (χ4v) is 3.84. The van der Waals surface area contributed by atoms with Crippen LogP contribution in [-0.4, -0.2) is 55.4 Å². The molecule has 1 aliphatic heterocycles. The topological polar surface area (TPSA) is 123 Å². The molecule has 0 saturated carbocycles. The number of rotatable bonds is 7. The number of carbonyl (C=O) groups is 3. The molecule has 1 heterocycles. The number of nitrogens with two attached hydrogens (primary N) is 1. The Morgan fingerprint density at radius 3 is 2.50 bits per heavy atom. The molecular weight excluding hydrogens is 436 g/mol. The van der Waals surface area contributed by atoms with E-state index in [-0.39, 0.29) is 30.7 Å². The highest BCUT2D eigenvalue weighted by atomic mass is 16.5. The second kappa shape index (κ2) is 11.3. The maximum atomic E-state index is 12.8. The van der Waals surface area contributed by atoms with E-state index in [9.17, 15) is 14.4 Å². The first-order chi connectivity index (χ1) is 16.3. The zero-order valence-corrected chi connectivity index (χ0v) is 19.7. The molecule has 2 aromatic carbocycles. The highest BCUT2D eigenvalue weighted by molar-refractivity contribution is 6.03. The standard InChI is InChI=1S/C25H30N4O5/c1-4-34-25(32)28-23(26)17-7-10-21(33-3)18(14-17)15-22(30)27-19-8-9-20(16(2)13-19)24(31)29-11-5-6-12-29/h7-10,13-14H,4-6,11-12,15H2,1-3H3,(H,27,30)(H2,26,28,32). The number of methoxy groups -OCH3 is 1. The summed E-state index contributed by atoms with van der Waals surface area (Å²) < 4.78 is 10.1. The minimum Gasteiger partial charge on any atom is -0.496 e. The molecule has 180 valence electrons. The zero-order valence-electron chi connectivity index (χ0n) is 19.7. The van der Waals surface area contributed by atoms with E-state index in [4.69, 9.17) is 15.2 Å². The normalized spacial score (nSPS) is 13.5. The van der Waals surface area contributed by atoms with Crippen molar-refractivity contribution in [3.63, 3.8) is 0 Å². The molecule has 0 radical (unpaired) electrons. The maximum absolute atomic E-state index is 12.8. The molecule has 0 atom stereocenters. The second-order valence-corrected chi connectivity index (χ2v) is 7.98. The quantitative estimate of drug-likeness (QED) is 0.477. The van der Waals surface area contributed by atoms with Gasteiger partial charge in [-0.25, -0.2) is 4.79 Å². The molecule has 1 aliphatic rings. The number of nitrogens with zero attached hydrogens (tertiary/aromatic N) is 2. The number of nitrogens with one attached hydrogen (secondary N) is 1. The monoisotopic (exact) mass is 466 g/mol. The Kier molecular flexibility index (Phi) is 8.24. The van der Waals surface area contributed by atoms with Crippen LogP contribution in [0.15, 0.2) is 41.4 Å². The van der Waals surface area contributed by atoms with Crippen LogP contribution in [0.5, 0.6) is 5.75 Å². The summed E-state index contributed by atoms with van der Waals surface area (Å²) in [4.78, 5) is 42.6. The Morgan fingerprint density at radius 2 is 1.85 bits per heavy atom. The van der Waals surface area contributed by atoms with Crippen molar-refractivity contribution in [3.05, 3.63) is 58.7 Å². The third kappa shape index (κ3) is 6.12. The molecule has 0 spiro atoms. The number of benzene rings is 2. The molecule has 9 heteroatoms. The molecule has 1 fully saturated rings. The van der Waals surface area contributed by atoms with Crippen LogP contribution < -0.4 is 15.8 Å². The fraction of sp³-hybridized carbons (Fsp3) is 0.360. The number of amidine groups is 1. The predicted molar refractivity (Wildman–Crippen MR) is 129 cm³/mol. The smallest absolute Gasteiger partial charge is 0.435 e. The van der Waals surface area contributed by atoms with E-state index in [0.717, 1.165) is 31.5 Å². The van der Waals surface area contributed by atoms with Gasteiger partial charge in [-0.2, -0.15) is 4.99 Å². The number of aryl methyl sites for hydroxylation is 1. The van der Waals surface area contributed by atoms with E-state index in [1.165, 1.54) is 7.11 Å². The molecule has 3 amide bonds. The van der Waals surface area contributed by atoms with Gasteiger partial charge in [0.05, 0.1) is 20.1 Å². The van der Waals surface area contributed by atoms with Gasteiger partial charge in [0, 0.05) is 35.5 Å². The van der Waals surface area contributed by atoms with Crippen LogP contribution >= 0.6 is 0 Å². The largest absolute Gasteiger partial charge is 0.496 e. The summed E-state index contributed by atoms with van der Waals surface area (Å²) in [7, 11) is 1.51. The van der Waals surface area contributed by atoms with Gasteiger partial charge in [-0.1, -0.05) is 0 Å². The Labute approximate surface area is 198 Å². The van der Waals surface area contributed by atoms with Crippen molar-refractivity contribution in [1.29, 1.82) is 0 Å². The van der Waals surface area contributed by atoms with Gasteiger partial charge in [0.25, 0.3) is 5.91 Å². The van der Waals surface area contributed by atoms with Crippen molar-refractivity contribution in [1.82, 2.24) is 4.90 Å². The summed E-state index contributed by atoms with van der Waals surface area (Å²) in [6.45, 7) is 5.29. The zero-order chi connectivity index (χ0) is 24.7. The van der Waals surface area contributed by atoms with E-state index in [2.05, 4.69) is 10.3 Å². The van der Waals surface area contributed by atoms with Crippen molar-refractivity contribution in [2.24, 2.45) is 10.7 Å². The van der Waals surface area contributed by atoms with Crippen LogP contribution in [0.3, 0.4) is 0 Å². The molecule has 0 aromatic heterocycles. The van der Waals surface area contributed by atoms with Gasteiger partial charge in [0.1, 0.15) is 11.6 Å². The number of carbonyl (C=O) groups excluding carboxylic acids is 3. The first kappa shape index (κ1) is 24.8. The minimum absolute atomic E-state index is 0.0111. The molecule has 34 heavy (non-hydrogen) atoms. The predicted octanol–water partition coefficient (Wildman–Crippen LogP) is 3.28. The maximum Gasteiger partial charge on any atom is 0.435 e. The lowest BCUT2D eigenvalue weighted by Crippen LogP contribution is -2.28.